The highest BCUT2D eigenvalue weighted by atomic mass is 19.4. The van der Waals surface area contributed by atoms with Crippen LogP contribution in [0.3, 0.4) is 0 Å². The summed E-state index contributed by atoms with van der Waals surface area (Å²) in [5.41, 5.74) is 1.45. The van der Waals surface area contributed by atoms with Crippen LogP contribution in [0.2, 0.25) is 0 Å². The fourth-order valence-electron chi connectivity index (χ4n) is 5.85. The molecule has 3 aromatic rings. The Kier molecular flexibility index (Phi) is 11.2. The molecule has 2 aromatic carbocycles. The maximum Gasteiger partial charge on any atom is 0.421 e. The number of likely N-dealkylation sites (N-methyl/N-ethyl adjacent to an activating group) is 1. The largest absolute Gasteiger partial charge is 0.494 e. The summed E-state index contributed by atoms with van der Waals surface area (Å²) in [6, 6.07) is 10.7. The molecule has 0 radical (unpaired) electrons. The molecule has 3 heterocycles. The molecule has 3 N–H and O–H groups in total. The lowest BCUT2D eigenvalue weighted by Gasteiger charge is -2.36. The van der Waals surface area contributed by atoms with Gasteiger partial charge in [0.25, 0.3) is 0 Å². The van der Waals surface area contributed by atoms with Gasteiger partial charge in [-0.1, -0.05) is 0 Å². The third-order valence-electron chi connectivity index (χ3n) is 8.53. The summed E-state index contributed by atoms with van der Waals surface area (Å²) < 4.78 is 53.5. The van der Waals surface area contributed by atoms with Crippen LogP contribution in [0.15, 0.2) is 42.6 Å². The predicted molar refractivity (Wildman–Crippen MR) is 181 cm³/mol. The first-order valence-electron chi connectivity index (χ1n) is 16.1. The molecule has 5 rings (SSSR count). The third kappa shape index (κ3) is 8.73. The number of aromatic nitrogens is 2. The Morgan fingerprint density at radius 2 is 1.39 bits per heavy atom. The topological polar surface area (TPSA) is 127 Å². The van der Waals surface area contributed by atoms with Gasteiger partial charge in [-0.25, -0.2) is 4.98 Å². The Labute approximate surface area is 283 Å². The Balaban J connectivity index is 1.31. The number of piperazine rings is 2. The number of alkyl halides is 3. The minimum Gasteiger partial charge on any atom is -0.494 e. The quantitative estimate of drug-likeness (QED) is 0.272. The van der Waals surface area contributed by atoms with Crippen molar-refractivity contribution in [2.24, 2.45) is 0 Å². The Morgan fingerprint density at radius 3 is 1.90 bits per heavy atom. The summed E-state index contributed by atoms with van der Waals surface area (Å²) in [6.07, 6.45) is -4.00. The van der Waals surface area contributed by atoms with E-state index in [0.29, 0.717) is 69.5 Å². The SMILES string of the molecule is CCNC(=O)CN1CCN(c2ccc(Nc3ncc(C(F)(F)F)c(Nc4ccc(N5CCN(C(C)=O)CC5)cc4OC)n3)c(OC)c2)CC1. The molecule has 2 saturated heterocycles. The zero-order valence-electron chi connectivity index (χ0n) is 28.1. The van der Waals surface area contributed by atoms with Crippen LogP contribution in [0.25, 0.3) is 0 Å². The van der Waals surface area contributed by atoms with Gasteiger partial charge >= 0.3 is 6.18 Å². The number of benzene rings is 2. The van der Waals surface area contributed by atoms with Crippen LogP contribution < -0.4 is 35.2 Å². The van der Waals surface area contributed by atoms with Gasteiger partial charge in [-0.3, -0.25) is 14.5 Å². The van der Waals surface area contributed by atoms with E-state index < -0.39 is 17.6 Å². The summed E-state index contributed by atoms with van der Waals surface area (Å²) in [6.45, 7) is 9.66. The number of methoxy groups -OCH3 is 2. The molecular weight excluding hydrogens is 643 g/mol. The van der Waals surface area contributed by atoms with Crippen molar-refractivity contribution in [1.82, 2.24) is 25.1 Å². The lowest BCUT2D eigenvalue weighted by atomic mass is 10.2. The van der Waals surface area contributed by atoms with Crippen molar-refractivity contribution < 1.29 is 32.2 Å². The molecule has 0 bridgehead atoms. The summed E-state index contributed by atoms with van der Waals surface area (Å²) in [5, 5.41) is 8.63. The molecule has 2 aliphatic heterocycles. The number of hydrogen-bond donors (Lipinski definition) is 3. The van der Waals surface area contributed by atoms with E-state index in [9.17, 15) is 22.8 Å². The third-order valence-corrected chi connectivity index (χ3v) is 8.53. The molecule has 1 aromatic heterocycles. The molecule has 0 atom stereocenters. The van der Waals surface area contributed by atoms with Crippen molar-refractivity contribution in [2.75, 3.05) is 100 Å². The number of anilines is 6. The van der Waals surface area contributed by atoms with Crippen molar-refractivity contribution >= 4 is 46.3 Å². The van der Waals surface area contributed by atoms with E-state index >= 15 is 0 Å². The van der Waals surface area contributed by atoms with Gasteiger partial charge in [0.1, 0.15) is 22.9 Å². The van der Waals surface area contributed by atoms with Crippen molar-refractivity contribution in [2.45, 2.75) is 20.0 Å². The zero-order chi connectivity index (χ0) is 35.1. The van der Waals surface area contributed by atoms with Crippen LogP contribution in [0.4, 0.5) is 47.7 Å². The minimum atomic E-state index is -4.73. The molecule has 264 valence electrons. The molecule has 0 unspecified atom stereocenters. The predicted octanol–water partition coefficient (Wildman–Crippen LogP) is 3.93. The Hall–Kier alpha value is -4.99. The van der Waals surface area contributed by atoms with Crippen LogP contribution in [0.5, 0.6) is 11.5 Å². The molecule has 2 fully saturated rings. The van der Waals surface area contributed by atoms with Crippen molar-refractivity contribution in [3.8, 4) is 11.5 Å². The first kappa shape index (κ1) is 35.3. The summed E-state index contributed by atoms with van der Waals surface area (Å²) in [4.78, 5) is 40.0. The fraction of sp³-hybridized carbons (Fsp3) is 0.455. The van der Waals surface area contributed by atoms with Gasteiger partial charge in [-0.05, 0) is 31.2 Å². The van der Waals surface area contributed by atoms with Gasteiger partial charge in [0.15, 0.2) is 0 Å². The van der Waals surface area contributed by atoms with E-state index in [1.807, 2.05) is 19.1 Å². The number of amides is 2. The monoisotopic (exact) mass is 685 g/mol. The van der Waals surface area contributed by atoms with Gasteiger partial charge in [0.05, 0.1) is 32.1 Å². The molecular formula is C33H42F3N9O4. The van der Waals surface area contributed by atoms with Crippen LogP contribution in [0, 0.1) is 0 Å². The normalized spacial score (nSPS) is 15.5. The van der Waals surface area contributed by atoms with Gasteiger partial charge in [-0.15, -0.1) is 0 Å². The lowest BCUT2D eigenvalue weighted by molar-refractivity contribution is -0.137. The highest BCUT2D eigenvalue weighted by molar-refractivity contribution is 5.78. The number of nitrogens with zero attached hydrogens (tertiary/aromatic N) is 6. The number of hydrogen-bond acceptors (Lipinski definition) is 11. The smallest absolute Gasteiger partial charge is 0.421 e. The molecule has 0 saturated carbocycles. The van der Waals surface area contributed by atoms with Gasteiger partial charge in [-0.2, -0.15) is 18.2 Å². The fourth-order valence-corrected chi connectivity index (χ4v) is 5.85. The van der Waals surface area contributed by atoms with Gasteiger partial charge in [0.2, 0.25) is 17.8 Å². The van der Waals surface area contributed by atoms with E-state index in [-0.39, 0.29) is 23.5 Å². The summed E-state index contributed by atoms with van der Waals surface area (Å²) >= 11 is 0. The lowest BCUT2D eigenvalue weighted by Crippen LogP contribution is -2.49. The van der Waals surface area contributed by atoms with Crippen LogP contribution in [-0.4, -0.2) is 111 Å². The number of halogens is 3. The maximum absolute atomic E-state index is 14.1. The number of carbonyl (C=O) groups excluding carboxylic acids is 2. The highest BCUT2D eigenvalue weighted by Gasteiger charge is 2.36. The number of carbonyl (C=O) groups is 2. The van der Waals surface area contributed by atoms with E-state index in [1.165, 1.54) is 21.1 Å². The highest BCUT2D eigenvalue weighted by Crippen LogP contribution is 2.39. The first-order chi connectivity index (χ1) is 23.5. The van der Waals surface area contributed by atoms with E-state index in [0.717, 1.165) is 30.7 Å². The van der Waals surface area contributed by atoms with Crippen molar-refractivity contribution in [3.63, 3.8) is 0 Å². The van der Waals surface area contributed by atoms with Crippen LogP contribution >= 0.6 is 0 Å². The Bertz CT molecular complexity index is 1630. The zero-order valence-corrected chi connectivity index (χ0v) is 28.1. The standard InChI is InChI=1S/C33H42F3N9O4/c1-5-37-30(47)21-42-10-12-44(13-11-42)23-7-9-27(29(19-23)49-4)40-32-38-20-25(33(34,35)36)31(41-32)39-26-8-6-24(18-28(26)48-3)45-16-14-43(15-17-45)22(2)46/h6-9,18-20H,5,10-17,21H2,1-4H3,(H,37,47)(H2,38,39,40,41). The van der Waals surface area contributed by atoms with Crippen LogP contribution in [0.1, 0.15) is 19.4 Å². The second-order valence-corrected chi connectivity index (χ2v) is 11.7. The molecule has 2 amide bonds. The first-order valence-corrected chi connectivity index (χ1v) is 16.1. The van der Waals surface area contributed by atoms with E-state index in [2.05, 4.69) is 40.6 Å². The summed E-state index contributed by atoms with van der Waals surface area (Å²) in [5.74, 6) is 0.293. The summed E-state index contributed by atoms with van der Waals surface area (Å²) in [7, 11) is 2.95. The van der Waals surface area contributed by atoms with E-state index in [4.69, 9.17) is 9.47 Å². The average Bonchev–Trinajstić information content (AvgIpc) is 3.08. The number of nitrogens with one attached hydrogen (secondary N) is 3. The van der Waals surface area contributed by atoms with Crippen LogP contribution in [-0.2, 0) is 15.8 Å². The molecule has 16 heteroatoms. The van der Waals surface area contributed by atoms with Gasteiger partial charge in [0, 0.05) is 95.5 Å². The Morgan fingerprint density at radius 1 is 0.837 bits per heavy atom. The average molecular weight is 686 g/mol. The molecule has 13 nitrogen and oxygen atoms in total. The number of ether oxygens (including phenoxy) is 2. The van der Waals surface area contributed by atoms with E-state index in [1.54, 1.807) is 29.2 Å². The second kappa shape index (κ2) is 15.5. The van der Waals surface area contributed by atoms with Crippen molar-refractivity contribution in [3.05, 3.63) is 48.2 Å². The molecule has 0 spiro atoms. The molecule has 49 heavy (non-hydrogen) atoms. The molecule has 0 aliphatic carbocycles. The van der Waals surface area contributed by atoms with Crippen molar-refractivity contribution in [1.29, 1.82) is 0 Å². The maximum atomic E-state index is 14.1. The second-order valence-electron chi connectivity index (χ2n) is 11.7. The molecule has 2 aliphatic rings. The number of rotatable bonds is 11. The minimum absolute atomic E-state index is 0.00554. The van der Waals surface area contributed by atoms with Gasteiger partial charge < -0.3 is 40.1 Å².